The van der Waals surface area contributed by atoms with E-state index in [-0.39, 0.29) is 11.9 Å². The number of hydrogen-bond acceptors (Lipinski definition) is 5. The molecule has 0 saturated carbocycles. The van der Waals surface area contributed by atoms with Crippen LogP contribution in [0.2, 0.25) is 0 Å². The minimum absolute atomic E-state index is 0.0428. The number of thiophene rings is 1. The predicted molar refractivity (Wildman–Crippen MR) is 102 cm³/mol. The number of amides is 1. The zero-order valence-corrected chi connectivity index (χ0v) is 15.2. The van der Waals surface area contributed by atoms with Gasteiger partial charge in [0.25, 0.3) is 5.91 Å². The van der Waals surface area contributed by atoms with E-state index >= 15 is 0 Å². The fraction of sp³-hybridized carbons (Fsp3) is 0.300. The summed E-state index contributed by atoms with van der Waals surface area (Å²) in [6.07, 6.45) is 1.91. The lowest BCUT2D eigenvalue weighted by atomic mass is 10.0. The van der Waals surface area contributed by atoms with E-state index < -0.39 is 0 Å². The predicted octanol–water partition coefficient (Wildman–Crippen LogP) is 3.80. The lowest BCUT2D eigenvalue weighted by Gasteiger charge is -2.31. The van der Waals surface area contributed by atoms with Gasteiger partial charge in [-0.3, -0.25) is 9.69 Å². The Hall–Kier alpha value is -2.44. The van der Waals surface area contributed by atoms with E-state index in [1.807, 2.05) is 53.9 Å². The molecule has 5 nitrogen and oxygen atoms in total. The number of piperidine rings is 1. The van der Waals surface area contributed by atoms with Crippen LogP contribution in [0.1, 0.15) is 28.3 Å². The lowest BCUT2D eigenvalue weighted by Crippen LogP contribution is -2.44. The van der Waals surface area contributed by atoms with E-state index in [9.17, 15) is 4.79 Å². The lowest BCUT2D eigenvalue weighted by molar-refractivity contribution is 0.0909. The molecule has 134 valence electrons. The van der Waals surface area contributed by atoms with Crippen molar-refractivity contribution >= 4 is 17.2 Å². The van der Waals surface area contributed by atoms with E-state index in [4.69, 9.17) is 4.52 Å². The average molecular weight is 367 g/mol. The molecule has 2 aromatic heterocycles. The summed E-state index contributed by atoms with van der Waals surface area (Å²) in [5.74, 6) is 0.922. The van der Waals surface area contributed by atoms with Gasteiger partial charge in [0.1, 0.15) is 5.69 Å². The highest BCUT2D eigenvalue weighted by Crippen LogP contribution is 2.21. The van der Waals surface area contributed by atoms with Gasteiger partial charge in [-0.25, -0.2) is 0 Å². The molecular weight excluding hydrogens is 346 g/mol. The first-order valence-electron chi connectivity index (χ1n) is 8.86. The maximum Gasteiger partial charge on any atom is 0.261 e. The molecule has 4 rings (SSSR count). The molecule has 3 aromatic rings. The van der Waals surface area contributed by atoms with E-state index in [1.54, 1.807) is 0 Å². The second-order valence-electron chi connectivity index (χ2n) is 6.55. The van der Waals surface area contributed by atoms with Crippen molar-refractivity contribution in [1.82, 2.24) is 15.4 Å². The second kappa shape index (κ2) is 7.85. The Kier molecular flexibility index (Phi) is 5.13. The first kappa shape index (κ1) is 17.0. The first-order valence-corrected chi connectivity index (χ1v) is 9.73. The molecule has 3 heterocycles. The zero-order valence-electron chi connectivity index (χ0n) is 14.4. The van der Waals surface area contributed by atoms with Crippen molar-refractivity contribution in [2.45, 2.75) is 25.4 Å². The van der Waals surface area contributed by atoms with Crippen molar-refractivity contribution in [2.75, 3.05) is 13.1 Å². The molecular formula is C20H21N3O2S. The van der Waals surface area contributed by atoms with Gasteiger partial charge in [-0.2, -0.15) is 0 Å². The van der Waals surface area contributed by atoms with Crippen LogP contribution in [0.4, 0.5) is 0 Å². The van der Waals surface area contributed by atoms with E-state index in [2.05, 4.69) is 15.4 Å². The topological polar surface area (TPSA) is 58.4 Å². The van der Waals surface area contributed by atoms with Crippen LogP contribution in [-0.4, -0.2) is 35.1 Å². The van der Waals surface area contributed by atoms with Crippen LogP contribution in [0, 0.1) is 0 Å². The average Bonchev–Trinajstić information content (AvgIpc) is 3.36. The summed E-state index contributed by atoms with van der Waals surface area (Å²) in [4.78, 5) is 15.3. The molecule has 1 saturated heterocycles. The zero-order chi connectivity index (χ0) is 17.8. The van der Waals surface area contributed by atoms with Gasteiger partial charge in [0.05, 0.1) is 11.4 Å². The molecule has 1 aromatic carbocycles. The van der Waals surface area contributed by atoms with Gasteiger partial charge < -0.3 is 9.84 Å². The quantitative estimate of drug-likeness (QED) is 0.745. The molecule has 26 heavy (non-hydrogen) atoms. The summed E-state index contributed by atoms with van der Waals surface area (Å²) >= 11 is 1.48. The maximum atomic E-state index is 12.1. The van der Waals surface area contributed by atoms with Crippen LogP contribution < -0.4 is 5.32 Å². The van der Waals surface area contributed by atoms with E-state index in [0.29, 0.717) is 0 Å². The number of aromatic nitrogens is 1. The minimum atomic E-state index is 0.0428. The SMILES string of the molecule is O=C(NC1CCN(Cc2cc(-c3ccccc3)no2)CC1)c1cccs1. The fourth-order valence-electron chi connectivity index (χ4n) is 3.25. The van der Waals surface area contributed by atoms with Crippen molar-refractivity contribution in [2.24, 2.45) is 0 Å². The third-order valence-corrected chi connectivity index (χ3v) is 5.54. The molecule has 1 aliphatic heterocycles. The summed E-state index contributed by atoms with van der Waals surface area (Å²) in [5.41, 5.74) is 1.94. The molecule has 1 N–H and O–H groups in total. The van der Waals surface area contributed by atoms with Gasteiger partial charge in [-0.1, -0.05) is 41.6 Å². The number of carbonyl (C=O) groups excluding carboxylic acids is 1. The Morgan fingerprint density at radius 2 is 2.00 bits per heavy atom. The van der Waals surface area contributed by atoms with Crippen molar-refractivity contribution in [3.05, 3.63) is 64.5 Å². The van der Waals surface area contributed by atoms with Gasteiger partial charge in [-0.15, -0.1) is 11.3 Å². The molecule has 0 spiro atoms. The first-order chi connectivity index (χ1) is 12.8. The van der Waals surface area contributed by atoms with Gasteiger partial charge in [-0.05, 0) is 24.3 Å². The monoisotopic (exact) mass is 367 g/mol. The number of nitrogens with one attached hydrogen (secondary N) is 1. The highest BCUT2D eigenvalue weighted by atomic mass is 32.1. The Morgan fingerprint density at radius 1 is 1.19 bits per heavy atom. The summed E-state index contributed by atoms with van der Waals surface area (Å²) in [6, 6.07) is 16.1. The van der Waals surface area contributed by atoms with Gasteiger partial charge >= 0.3 is 0 Å². The number of rotatable bonds is 5. The van der Waals surface area contributed by atoms with Crippen molar-refractivity contribution in [3.8, 4) is 11.3 Å². The summed E-state index contributed by atoms with van der Waals surface area (Å²) in [7, 11) is 0. The molecule has 0 radical (unpaired) electrons. The van der Waals surface area contributed by atoms with Crippen molar-refractivity contribution in [1.29, 1.82) is 0 Å². The van der Waals surface area contributed by atoms with E-state index in [1.165, 1.54) is 11.3 Å². The van der Waals surface area contributed by atoms with Crippen LogP contribution in [0.25, 0.3) is 11.3 Å². The summed E-state index contributed by atoms with van der Waals surface area (Å²) < 4.78 is 5.50. The number of benzene rings is 1. The van der Waals surface area contributed by atoms with Crippen LogP contribution in [-0.2, 0) is 6.54 Å². The second-order valence-corrected chi connectivity index (χ2v) is 7.49. The molecule has 1 fully saturated rings. The standard InChI is InChI=1S/C20H21N3O2S/c24-20(19-7-4-12-26-19)21-16-8-10-23(11-9-16)14-17-13-18(22-25-17)15-5-2-1-3-6-15/h1-7,12-13,16H,8-11,14H2,(H,21,24). The highest BCUT2D eigenvalue weighted by Gasteiger charge is 2.22. The third-order valence-electron chi connectivity index (χ3n) is 4.68. The smallest absolute Gasteiger partial charge is 0.261 e. The molecule has 6 heteroatoms. The Labute approximate surface area is 156 Å². The largest absolute Gasteiger partial charge is 0.359 e. The Balaban J connectivity index is 1.28. The molecule has 1 aliphatic rings. The van der Waals surface area contributed by atoms with E-state index in [0.717, 1.165) is 54.4 Å². The summed E-state index contributed by atoms with van der Waals surface area (Å²) in [5, 5.41) is 9.25. The highest BCUT2D eigenvalue weighted by molar-refractivity contribution is 7.12. The van der Waals surface area contributed by atoms with Crippen molar-refractivity contribution in [3.63, 3.8) is 0 Å². The van der Waals surface area contributed by atoms with Crippen LogP contribution in [0.5, 0.6) is 0 Å². The molecule has 0 aliphatic carbocycles. The van der Waals surface area contributed by atoms with Gasteiger partial charge in [0.15, 0.2) is 5.76 Å². The third kappa shape index (κ3) is 4.03. The molecule has 0 bridgehead atoms. The van der Waals surface area contributed by atoms with Gasteiger partial charge in [0.2, 0.25) is 0 Å². The number of hydrogen-bond donors (Lipinski definition) is 1. The maximum absolute atomic E-state index is 12.1. The van der Waals surface area contributed by atoms with Crippen LogP contribution in [0.15, 0.2) is 58.4 Å². The Morgan fingerprint density at radius 3 is 2.73 bits per heavy atom. The Bertz CT molecular complexity index is 837. The number of likely N-dealkylation sites (tertiary alicyclic amines) is 1. The number of nitrogens with zero attached hydrogens (tertiary/aromatic N) is 2. The minimum Gasteiger partial charge on any atom is -0.359 e. The molecule has 0 atom stereocenters. The van der Waals surface area contributed by atoms with Crippen LogP contribution in [0.3, 0.4) is 0 Å². The van der Waals surface area contributed by atoms with Gasteiger partial charge in [0, 0.05) is 30.8 Å². The molecule has 1 amide bonds. The fourth-order valence-corrected chi connectivity index (χ4v) is 3.88. The number of carbonyl (C=O) groups is 1. The van der Waals surface area contributed by atoms with Crippen LogP contribution >= 0.6 is 11.3 Å². The summed E-state index contributed by atoms with van der Waals surface area (Å²) in [6.45, 7) is 2.64. The molecule has 0 unspecified atom stereocenters. The normalized spacial score (nSPS) is 15.8. The van der Waals surface area contributed by atoms with Crippen molar-refractivity contribution < 1.29 is 9.32 Å².